The van der Waals surface area contributed by atoms with Crippen LogP contribution in [0.3, 0.4) is 0 Å². The molecular formula is C26H28N4O6. The molecule has 188 valence electrons. The van der Waals surface area contributed by atoms with Crippen LogP contribution in [0, 0.1) is 6.92 Å². The van der Waals surface area contributed by atoms with Gasteiger partial charge in [-0.2, -0.15) is 0 Å². The molecule has 0 saturated carbocycles. The third kappa shape index (κ3) is 7.97. The molecule has 36 heavy (non-hydrogen) atoms. The summed E-state index contributed by atoms with van der Waals surface area (Å²) in [5.41, 5.74) is 2.95. The minimum absolute atomic E-state index is 0.0533. The lowest BCUT2D eigenvalue weighted by molar-refractivity contribution is -0.139. The Bertz CT molecular complexity index is 1220. The number of carboxylic acid groups (broad SMARTS) is 3. The van der Waals surface area contributed by atoms with Crippen molar-refractivity contribution in [2.45, 2.75) is 32.5 Å². The second-order valence-corrected chi connectivity index (χ2v) is 8.41. The van der Waals surface area contributed by atoms with Crippen molar-refractivity contribution >= 4 is 17.9 Å². The molecule has 0 aliphatic carbocycles. The Balaban J connectivity index is 1.82. The summed E-state index contributed by atoms with van der Waals surface area (Å²) in [4.78, 5) is 44.3. The third-order valence-electron chi connectivity index (χ3n) is 5.55. The summed E-state index contributed by atoms with van der Waals surface area (Å²) in [7, 11) is 0. The average molecular weight is 493 g/mol. The molecule has 10 heteroatoms. The van der Waals surface area contributed by atoms with Crippen molar-refractivity contribution in [1.29, 1.82) is 0 Å². The smallest absolute Gasteiger partial charge is 0.354 e. The van der Waals surface area contributed by atoms with Crippen LogP contribution in [0.25, 0.3) is 0 Å². The Labute approximate surface area is 208 Å². The monoisotopic (exact) mass is 492 g/mol. The van der Waals surface area contributed by atoms with Crippen LogP contribution in [-0.4, -0.2) is 67.2 Å². The van der Waals surface area contributed by atoms with Crippen LogP contribution < -0.4 is 5.32 Å². The summed E-state index contributed by atoms with van der Waals surface area (Å²) < 4.78 is 0. The number of rotatable bonds is 13. The zero-order valence-electron chi connectivity index (χ0n) is 19.8. The van der Waals surface area contributed by atoms with E-state index in [9.17, 15) is 24.6 Å². The number of nitrogens with zero attached hydrogens (tertiary/aromatic N) is 3. The van der Waals surface area contributed by atoms with Gasteiger partial charge in [-0.15, -0.1) is 0 Å². The number of pyridine rings is 2. The first-order valence-electron chi connectivity index (χ1n) is 11.3. The van der Waals surface area contributed by atoms with Crippen molar-refractivity contribution in [2.75, 3.05) is 13.1 Å². The molecule has 0 aliphatic rings. The van der Waals surface area contributed by atoms with Gasteiger partial charge in [0.05, 0.1) is 17.9 Å². The van der Waals surface area contributed by atoms with E-state index < -0.39 is 17.9 Å². The predicted molar refractivity (Wildman–Crippen MR) is 131 cm³/mol. The fraction of sp³-hybridized carbons (Fsp3) is 0.269. The van der Waals surface area contributed by atoms with E-state index in [1.165, 1.54) is 12.1 Å². The van der Waals surface area contributed by atoms with Crippen LogP contribution in [0.5, 0.6) is 0 Å². The molecule has 0 amide bonds. The topological polar surface area (TPSA) is 153 Å². The van der Waals surface area contributed by atoms with Gasteiger partial charge in [-0.05, 0) is 43.2 Å². The largest absolute Gasteiger partial charge is 0.480 e. The molecule has 0 radical (unpaired) electrons. The Morgan fingerprint density at radius 3 is 2.03 bits per heavy atom. The van der Waals surface area contributed by atoms with E-state index >= 15 is 0 Å². The molecule has 1 unspecified atom stereocenters. The van der Waals surface area contributed by atoms with Gasteiger partial charge in [0.2, 0.25) is 0 Å². The third-order valence-corrected chi connectivity index (χ3v) is 5.55. The number of nitrogens with one attached hydrogen (secondary N) is 1. The van der Waals surface area contributed by atoms with Crippen LogP contribution >= 0.6 is 0 Å². The molecule has 0 spiro atoms. The maximum absolute atomic E-state index is 11.7. The highest BCUT2D eigenvalue weighted by Crippen LogP contribution is 2.14. The molecule has 0 bridgehead atoms. The summed E-state index contributed by atoms with van der Waals surface area (Å²) in [5, 5.41) is 31.3. The van der Waals surface area contributed by atoms with Gasteiger partial charge < -0.3 is 20.6 Å². The molecule has 0 fully saturated rings. The van der Waals surface area contributed by atoms with E-state index in [1.807, 2.05) is 31.2 Å². The molecule has 0 saturated heterocycles. The first kappa shape index (κ1) is 26.5. The lowest BCUT2D eigenvalue weighted by Crippen LogP contribution is -2.45. The van der Waals surface area contributed by atoms with E-state index in [0.717, 1.165) is 11.1 Å². The SMILES string of the molecule is Cc1ccc(CC(CNCc2cccc(C(=O)O)n2)N(CC(=O)O)Cc2cccc(C(=O)O)n2)cc1. The lowest BCUT2D eigenvalue weighted by atomic mass is 10.0. The highest BCUT2D eigenvalue weighted by Gasteiger charge is 2.23. The van der Waals surface area contributed by atoms with Crippen LogP contribution in [-0.2, 0) is 24.3 Å². The van der Waals surface area contributed by atoms with Crippen molar-refractivity contribution in [3.63, 3.8) is 0 Å². The van der Waals surface area contributed by atoms with Gasteiger partial charge in [0.1, 0.15) is 11.4 Å². The van der Waals surface area contributed by atoms with Crippen molar-refractivity contribution in [2.24, 2.45) is 0 Å². The highest BCUT2D eigenvalue weighted by molar-refractivity contribution is 5.85. The van der Waals surface area contributed by atoms with Crippen molar-refractivity contribution in [3.8, 4) is 0 Å². The van der Waals surface area contributed by atoms with Gasteiger partial charge in [0.15, 0.2) is 0 Å². The number of aliphatic carboxylic acids is 1. The lowest BCUT2D eigenvalue weighted by Gasteiger charge is -2.31. The van der Waals surface area contributed by atoms with Gasteiger partial charge in [-0.25, -0.2) is 19.6 Å². The number of benzene rings is 1. The fourth-order valence-corrected chi connectivity index (χ4v) is 3.77. The van der Waals surface area contributed by atoms with Crippen LogP contribution in [0.4, 0.5) is 0 Å². The highest BCUT2D eigenvalue weighted by atomic mass is 16.4. The van der Waals surface area contributed by atoms with Crippen molar-refractivity contribution < 1.29 is 29.7 Å². The molecule has 2 aromatic heterocycles. The molecule has 0 aliphatic heterocycles. The number of carboxylic acids is 3. The predicted octanol–water partition coefficient (Wildman–Crippen LogP) is 2.47. The van der Waals surface area contributed by atoms with Gasteiger partial charge >= 0.3 is 17.9 Å². The summed E-state index contributed by atoms with van der Waals surface area (Å²) in [6.07, 6.45) is 0.530. The van der Waals surface area contributed by atoms with Gasteiger partial charge in [-0.3, -0.25) is 9.69 Å². The summed E-state index contributed by atoms with van der Waals surface area (Å²) in [5.74, 6) is -3.29. The minimum Gasteiger partial charge on any atom is -0.480 e. The van der Waals surface area contributed by atoms with Crippen molar-refractivity contribution in [1.82, 2.24) is 20.2 Å². The van der Waals surface area contributed by atoms with E-state index in [1.54, 1.807) is 29.2 Å². The van der Waals surface area contributed by atoms with Gasteiger partial charge in [-0.1, -0.05) is 42.0 Å². The molecule has 4 N–H and O–H groups in total. The van der Waals surface area contributed by atoms with E-state index in [2.05, 4.69) is 15.3 Å². The summed E-state index contributed by atoms with van der Waals surface area (Å²) in [6, 6.07) is 17.0. The summed E-state index contributed by atoms with van der Waals surface area (Å²) in [6.45, 7) is 2.51. The maximum Gasteiger partial charge on any atom is 0.354 e. The quantitative estimate of drug-likeness (QED) is 0.280. The van der Waals surface area contributed by atoms with Gasteiger partial charge in [0, 0.05) is 25.7 Å². The molecule has 10 nitrogen and oxygen atoms in total. The standard InChI is InChI=1S/C26H28N4O6/c1-17-8-10-18(11-9-17)12-21(14-27-13-19-4-2-6-22(28-19)25(33)34)30(16-24(31)32)15-20-5-3-7-23(29-20)26(35)36/h2-11,21,27H,12-16H2,1H3,(H,31,32)(H,33,34)(H,35,36). The van der Waals surface area contributed by atoms with Crippen LogP contribution in [0.2, 0.25) is 0 Å². The number of aromatic carboxylic acids is 2. The average Bonchev–Trinajstić information content (AvgIpc) is 2.84. The first-order valence-corrected chi connectivity index (χ1v) is 11.3. The van der Waals surface area contributed by atoms with Crippen LogP contribution in [0.15, 0.2) is 60.7 Å². The Kier molecular flexibility index (Phi) is 9.20. The first-order chi connectivity index (χ1) is 17.2. The molecule has 1 aromatic carbocycles. The number of carbonyl (C=O) groups is 3. The second kappa shape index (κ2) is 12.5. The van der Waals surface area contributed by atoms with E-state index in [4.69, 9.17) is 5.11 Å². The Hall–Kier alpha value is -4.15. The number of aryl methyl sites for hydroxylation is 1. The second-order valence-electron chi connectivity index (χ2n) is 8.41. The maximum atomic E-state index is 11.7. The molecule has 1 atom stereocenters. The molecule has 2 heterocycles. The number of hydrogen-bond donors (Lipinski definition) is 4. The van der Waals surface area contributed by atoms with E-state index in [0.29, 0.717) is 30.9 Å². The number of hydrogen-bond acceptors (Lipinski definition) is 7. The molecule has 3 rings (SSSR count). The normalized spacial score (nSPS) is 11.8. The minimum atomic E-state index is -1.16. The summed E-state index contributed by atoms with van der Waals surface area (Å²) >= 11 is 0. The van der Waals surface area contributed by atoms with Crippen molar-refractivity contribution in [3.05, 3.63) is 94.6 Å². The Morgan fingerprint density at radius 2 is 1.44 bits per heavy atom. The van der Waals surface area contributed by atoms with Gasteiger partial charge in [0.25, 0.3) is 0 Å². The molecule has 3 aromatic rings. The zero-order chi connectivity index (χ0) is 26.1. The zero-order valence-corrected chi connectivity index (χ0v) is 19.8. The van der Waals surface area contributed by atoms with E-state index in [-0.39, 0.29) is 30.5 Å². The number of aromatic nitrogens is 2. The molecular weight excluding hydrogens is 464 g/mol. The fourth-order valence-electron chi connectivity index (χ4n) is 3.77. The van der Waals surface area contributed by atoms with Crippen LogP contribution in [0.1, 0.15) is 43.5 Å². The Morgan fingerprint density at radius 1 is 0.861 bits per heavy atom.